The van der Waals surface area contributed by atoms with Crippen LogP contribution in [0.3, 0.4) is 0 Å². The summed E-state index contributed by atoms with van der Waals surface area (Å²) in [5.74, 6) is 1.30. The molecule has 0 fully saturated rings. The Labute approximate surface area is 169 Å². The Morgan fingerprint density at radius 1 is 1.04 bits per heavy atom. The van der Waals surface area contributed by atoms with E-state index in [4.69, 9.17) is 11.6 Å². The molecule has 0 bridgehead atoms. The second-order valence-electron chi connectivity index (χ2n) is 7.29. The van der Waals surface area contributed by atoms with Gasteiger partial charge in [-0.05, 0) is 41.3 Å². The van der Waals surface area contributed by atoms with Gasteiger partial charge in [0.1, 0.15) is 5.82 Å². The molecule has 0 spiro atoms. The van der Waals surface area contributed by atoms with Crippen molar-refractivity contribution in [3.63, 3.8) is 0 Å². The molecule has 0 saturated carbocycles. The first-order chi connectivity index (χ1) is 13.6. The van der Waals surface area contributed by atoms with Crippen molar-refractivity contribution in [2.24, 2.45) is 5.92 Å². The Morgan fingerprint density at radius 2 is 1.93 bits per heavy atom. The van der Waals surface area contributed by atoms with Gasteiger partial charge in [-0.2, -0.15) is 5.10 Å². The molecule has 0 amide bonds. The van der Waals surface area contributed by atoms with Gasteiger partial charge in [0.05, 0.1) is 23.4 Å². The molecular formula is C22H22ClN5. The van der Waals surface area contributed by atoms with Gasteiger partial charge in [-0.3, -0.25) is 9.67 Å². The van der Waals surface area contributed by atoms with Gasteiger partial charge in [0.25, 0.3) is 0 Å². The maximum absolute atomic E-state index is 6.03. The van der Waals surface area contributed by atoms with E-state index in [2.05, 4.69) is 52.6 Å². The van der Waals surface area contributed by atoms with Gasteiger partial charge in [0.2, 0.25) is 0 Å². The molecule has 2 aromatic heterocycles. The summed E-state index contributed by atoms with van der Waals surface area (Å²) in [5, 5.41) is 8.48. The van der Waals surface area contributed by atoms with E-state index in [1.807, 2.05) is 41.2 Å². The fourth-order valence-corrected chi connectivity index (χ4v) is 3.31. The predicted octanol–water partition coefficient (Wildman–Crippen LogP) is 5.41. The van der Waals surface area contributed by atoms with Gasteiger partial charge in [-0.15, -0.1) is 0 Å². The molecule has 28 heavy (non-hydrogen) atoms. The molecule has 0 aliphatic rings. The molecule has 0 aliphatic carbocycles. The van der Waals surface area contributed by atoms with Gasteiger partial charge in [0.15, 0.2) is 0 Å². The van der Waals surface area contributed by atoms with Gasteiger partial charge in [0, 0.05) is 29.9 Å². The lowest BCUT2D eigenvalue weighted by Crippen LogP contribution is -2.03. The van der Waals surface area contributed by atoms with Crippen LogP contribution < -0.4 is 5.32 Å². The minimum atomic E-state index is 0.563. The maximum atomic E-state index is 6.03. The highest BCUT2D eigenvalue weighted by Crippen LogP contribution is 2.23. The second-order valence-corrected chi connectivity index (χ2v) is 7.72. The Bertz CT molecular complexity index is 1100. The number of aromatic nitrogens is 4. The first kappa shape index (κ1) is 18.4. The zero-order valence-corrected chi connectivity index (χ0v) is 16.7. The Balaban J connectivity index is 1.51. The number of rotatable bonds is 6. The van der Waals surface area contributed by atoms with Gasteiger partial charge in [-0.1, -0.05) is 43.6 Å². The number of hydrogen-bond donors (Lipinski definition) is 1. The molecule has 2 aromatic carbocycles. The normalized spacial score (nSPS) is 11.3. The maximum Gasteiger partial charge on any atom is 0.145 e. The molecule has 0 saturated heterocycles. The quantitative estimate of drug-likeness (QED) is 0.477. The number of hydrogen-bond acceptors (Lipinski definition) is 4. The highest BCUT2D eigenvalue weighted by Gasteiger charge is 2.07. The molecule has 2 heterocycles. The fourth-order valence-electron chi connectivity index (χ4n) is 3.10. The van der Waals surface area contributed by atoms with Crippen LogP contribution in [0.25, 0.3) is 22.2 Å². The molecule has 0 radical (unpaired) electrons. The van der Waals surface area contributed by atoms with E-state index in [-0.39, 0.29) is 0 Å². The molecule has 1 N–H and O–H groups in total. The summed E-state index contributed by atoms with van der Waals surface area (Å²) in [6, 6.07) is 13.9. The van der Waals surface area contributed by atoms with Crippen LogP contribution >= 0.6 is 11.6 Å². The standard InChI is InChI=1S/C22H22ClN5/c1-15(2)13-28-14-18(11-26-28)17-6-7-20-21(9-17)24-12-22(27-20)25-10-16-4-3-5-19(23)8-16/h3-9,11-12,14-15H,10,13H2,1-2H3,(H,25,27). The van der Waals surface area contributed by atoms with E-state index in [1.54, 1.807) is 6.20 Å². The van der Waals surface area contributed by atoms with Crippen LogP contribution in [0.4, 0.5) is 5.82 Å². The van der Waals surface area contributed by atoms with Gasteiger partial charge >= 0.3 is 0 Å². The van der Waals surface area contributed by atoms with Crippen molar-refractivity contribution in [1.82, 2.24) is 19.7 Å². The third kappa shape index (κ3) is 4.31. The van der Waals surface area contributed by atoms with Crippen molar-refractivity contribution in [3.8, 4) is 11.1 Å². The molecule has 0 unspecified atom stereocenters. The Hall–Kier alpha value is -2.92. The van der Waals surface area contributed by atoms with E-state index in [1.165, 1.54) is 0 Å². The van der Waals surface area contributed by atoms with Crippen molar-refractivity contribution in [1.29, 1.82) is 0 Å². The smallest absolute Gasteiger partial charge is 0.145 e. The molecule has 0 atom stereocenters. The highest BCUT2D eigenvalue weighted by atomic mass is 35.5. The monoisotopic (exact) mass is 391 g/mol. The van der Waals surface area contributed by atoms with Crippen LogP contribution in [0.15, 0.2) is 61.1 Å². The largest absolute Gasteiger partial charge is 0.365 e. The van der Waals surface area contributed by atoms with Crippen molar-refractivity contribution in [3.05, 3.63) is 71.6 Å². The lowest BCUT2D eigenvalue weighted by Gasteiger charge is -2.07. The van der Waals surface area contributed by atoms with Crippen molar-refractivity contribution < 1.29 is 0 Å². The lowest BCUT2D eigenvalue weighted by molar-refractivity contribution is 0.483. The zero-order chi connectivity index (χ0) is 19.5. The second kappa shape index (κ2) is 7.98. The number of halogens is 1. The average molecular weight is 392 g/mol. The minimum absolute atomic E-state index is 0.563. The van der Waals surface area contributed by atoms with Crippen molar-refractivity contribution in [2.45, 2.75) is 26.9 Å². The summed E-state index contributed by atoms with van der Waals surface area (Å²) < 4.78 is 1.98. The molecule has 142 valence electrons. The van der Waals surface area contributed by atoms with Crippen LogP contribution in [-0.2, 0) is 13.1 Å². The van der Waals surface area contributed by atoms with Gasteiger partial charge < -0.3 is 5.32 Å². The van der Waals surface area contributed by atoms with Crippen molar-refractivity contribution in [2.75, 3.05) is 5.32 Å². The predicted molar refractivity (Wildman–Crippen MR) is 114 cm³/mol. The molecular weight excluding hydrogens is 370 g/mol. The lowest BCUT2D eigenvalue weighted by atomic mass is 10.1. The van der Waals surface area contributed by atoms with E-state index in [9.17, 15) is 0 Å². The minimum Gasteiger partial charge on any atom is -0.365 e. The Morgan fingerprint density at radius 3 is 2.75 bits per heavy atom. The fraction of sp³-hybridized carbons (Fsp3) is 0.227. The van der Waals surface area contributed by atoms with Crippen LogP contribution in [0.1, 0.15) is 19.4 Å². The number of anilines is 1. The molecule has 6 heteroatoms. The van der Waals surface area contributed by atoms with Crippen LogP contribution in [0.2, 0.25) is 5.02 Å². The zero-order valence-electron chi connectivity index (χ0n) is 15.9. The summed E-state index contributed by atoms with van der Waals surface area (Å²) in [4.78, 5) is 9.24. The van der Waals surface area contributed by atoms with Crippen molar-refractivity contribution >= 4 is 28.5 Å². The number of benzene rings is 2. The van der Waals surface area contributed by atoms with Crippen LogP contribution in [0, 0.1) is 5.92 Å². The third-order valence-corrected chi connectivity index (χ3v) is 4.66. The summed E-state index contributed by atoms with van der Waals surface area (Å²) in [7, 11) is 0. The highest BCUT2D eigenvalue weighted by molar-refractivity contribution is 6.30. The summed E-state index contributed by atoms with van der Waals surface area (Å²) in [6.07, 6.45) is 5.74. The summed E-state index contributed by atoms with van der Waals surface area (Å²) in [5.41, 5.74) is 5.00. The van der Waals surface area contributed by atoms with Crippen LogP contribution in [0.5, 0.6) is 0 Å². The first-order valence-electron chi connectivity index (χ1n) is 9.35. The number of fused-ring (bicyclic) bond motifs is 1. The molecule has 0 aliphatic heterocycles. The summed E-state index contributed by atoms with van der Waals surface area (Å²) >= 11 is 6.03. The SMILES string of the molecule is CC(C)Cn1cc(-c2ccc3nc(NCc4cccc(Cl)c4)cnc3c2)cn1. The van der Waals surface area contributed by atoms with Gasteiger partial charge in [-0.25, -0.2) is 4.98 Å². The van der Waals surface area contributed by atoms with E-state index >= 15 is 0 Å². The van der Waals surface area contributed by atoms with E-state index in [0.29, 0.717) is 12.5 Å². The van der Waals surface area contributed by atoms with E-state index in [0.717, 1.165) is 45.1 Å². The molecule has 4 rings (SSSR count). The molecule has 5 nitrogen and oxygen atoms in total. The average Bonchev–Trinajstić information content (AvgIpc) is 3.13. The van der Waals surface area contributed by atoms with E-state index < -0.39 is 0 Å². The number of nitrogens with one attached hydrogen (secondary N) is 1. The first-order valence-corrected chi connectivity index (χ1v) is 9.72. The molecule has 4 aromatic rings. The Kier molecular flexibility index (Phi) is 5.26. The van der Waals surface area contributed by atoms with Crippen LogP contribution in [-0.4, -0.2) is 19.7 Å². The topological polar surface area (TPSA) is 55.6 Å². The number of nitrogens with zero attached hydrogens (tertiary/aromatic N) is 4. The summed E-state index contributed by atoms with van der Waals surface area (Å²) in [6.45, 7) is 5.93. The third-order valence-electron chi connectivity index (χ3n) is 4.42.